The molecule has 0 unspecified atom stereocenters. The molecule has 130 valence electrons. The third-order valence-electron chi connectivity index (χ3n) is 4.03. The standard InChI is InChI=1S/C15H16N6O3S/c22-21(23)14-12(18-15-20(14)6-9-25-15)17-10-11-2-1-3-16-13(11)19-4-7-24-8-5-19/h1-3,6,9,17H,4-5,7-8,10H2. The summed E-state index contributed by atoms with van der Waals surface area (Å²) in [5, 5.41) is 16.3. The molecule has 0 aromatic carbocycles. The topological polar surface area (TPSA) is 97.8 Å². The van der Waals surface area contributed by atoms with Gasteiger partial charge in [0.05, 0.1) is 13.2 Å². The summed E-state index contributed by atoms with van der Waals surface area (Å²) in [7, 11) is 0. The average Bonchev–Trinajstić information content (AvgIpc) is 3.21. The molecule has 1 N–H and O–H groups in total. The first-order valence-corrected chi connectivity index (χ1v) is 8.72. The monoisotopic (exact) mass is 360 g/mol. The van der Waals surface area contributed by atoms with Crippen LogP contribution in [0.5, 0.6) is 0 Å². The molecule has 0 spiro atoms. The van der Waals surface area contributed by atoms with E-state index in [0.29, 0.717) is 24.7 Å². The van der Waals surface area contributed by atoms with Gasteiger partial charge in [-0.2, -0.15) is 9.38 Å². The average molecular weight is 360 g/mol. The number of morpholine rings is 1. The van der Waals surface area contributed by atoms with Crippen molar-refractivity contribution in [2.24, 2.45) is 0 Å². The van der Waals surface area contributed by atoms with Crippen molar-refractivity contribution in [2.75, 3.05) is 36.5 Å². The minimum Gasteiger partial charge on any atom is -0.378 e. The van der Waals surface area contributed by atoms with Crippen LogP contribution in [0.15, 0.2) is 29.9 Å². The van der Waals surface area contributed by atoms with E-state index in [-0.39, 0.29) is 11.6 Å². The molecule has 3 aromatic rings. The van der Waals surface area contributed by atoms with Crippen LogP contribution in [-0.2, 0) is 11.3 Å². The van der Waals surface area contributed by atoms with E-state index in [1.807, 2.05) is 12.1 Å². The lowest BCUT2D eigenvalue weighted by Gasteiger charge is -2.29. The third kappa shape index (κ3) is 3.01. The van der Waals surface area contributed by atoms with Crippen molar-refractivity contribution in [3.8, 4) is 0 Å². The number of imidazole rings is 1. The Bertz CT molecular complexity index is 902. The van der Waals surface area contributed by atoms with E-state index in [1.165, 1.54) is 15.7 Å². The number of pyridine rings is 1. The van der Waals surface area contributed by atoms with Crippen LogP contribution in [0.2, 0.25) is 0 Å². The van der Waals surface area contributed by atoms with Gasteiger partial charge in [0, 0.05) is 36.8 Å². The molecular weight excluding hydrogens is 344 g/mol. The summed E-state index contributed by atoms with van der Waals surface area (Å²) in [6.45, 7) is 3.32. The third-order valence-corrected chi connectivity index (χ3v) is 4.79. The van der Waals surface area contributed by atoms with E-state index in [2.05, 4.69) is 20.2 Å². The molecule has 0 aliphatic carbocycles. The molecule has 0 bridgehead atoms. The molecule has 0 atom stereocenters. The van der Waals surface area contributed by atoms with Gasteiger partial charge >= 0.3 is 5.82 Å². The lowest BCUT2D eigenvalue weighted by molar-refractivity contribution is -0.389. The fourth-order valence-corrected chi connectivity index (χ4v) is 3.58. The van der Waals surface area contributed by atoms with Crippen molar-refractivity contribution in [3.63, 3.8) is 0 Å². The first-order chi connectivity index (χ1) is 12.2. The van der Waals surface area contributed by atoms with E-state index in [9.17, 15) is 10.1 Å². The van der Waals surface area contributed by atoms with Crippen LogP contribution in [0.1, 0.15) is 5.56 Å². The van der Waals surface area contributed by atoms with Gasteiger partial charge in [-0.05, 0) is 11.0 Å². The first-order valence-electron chi connectivity index (χ1n) is 7.84. The number of hydrogen-bond donors (Lipinski definition) is 1. The molecule has 3 aromatic heterocycles. The molecule has 1 fully saturated rings. The largest absolute Gasteiger partial charge is 0.378 e. The smallest absolute Gasteiger partial charge is 0.372 e. The zero-order valence-corrected chi connectivity index (χ0v) is 14.1. The number of thiazole rings is 1. The summed E-state index contributed by atoms with van der Waals surface area (Å²) < 4.78 is 6.87. The van der Waals surface area contributed by atoms with Crippen LogP contribution in [0, 0.1) is 10.1 Å². The van der Waals surface area contributed by atoms with Gasteiger partial charge in [-0.15, -0.1) is 0 Å². The van der Waals surface area contributed by atoms with E-state index in [4.69, 9.17) is 4.74 Å². The second-order valence-electron chi connectivity index (χ2n) is 5.54. The molecule has 25 heavy (non-hydrogen) atoms. The SMILES string of the molecule is O=[N+]([O-])c1c(NCc2cccnc2N2CCOCC2)nc2sccn12. The predicted molar refractivity (Wildman–Crippen MR) is 94.3 cm³/mol. The minimum absolute atomic E-state index is 0.0481. The summed E-state index contributed by atoms with van der Waals surface area (Å²) in [6.07, 6.45) is 3.41. The normalized spacial score (nSPS) is 14.8. The molecule has 0 radical (unpaired) electrons. The Morgan fingerprint density at radius 3 is 3.04 bits per heavy atom. The molecule has 9 nitrogen and oxygen atoms in total. The molecule has 0 amide bonds. The highest BCUT2D eigenvalue weighted by atomic mass is 32.1. The van der Waals surface area contributed by atoms with Crippen LogP contribution in [0.3, 0.4) is 0 Å². The second-order valence-corrected chi connectivity index (χ2v) is 6.41. The molecule has 4 heterocycles. The fraction of sp³-hybridized carbons (Fsp3) is 0.333. The highest BCUT2D eigenvalue weighted by molar-refractivity contribution is 7.15. The Morgan fingerprint density at radius 1 is 1.40 bits per heavy atom. The lowest BCUT2D eigenvalue weighted by atomic mass is 10.2. The fourth-order valence-electron chi connectivity index (χ4n) is 2.87. The number of anilines is 2. The summed E-state index contributed by atoms with van der Waals surface area (Å²) in [5.41, 5.74) is 0.968. The molecule has 0 saturated carbocycles. The molecule has 10 heteroatoms. The number of ether oxygens (including phenoxy) is 1. The van der Waals surface area contributed by atoms with Crippen molar-refractivity contribution >= 4 is 33.8 Å². The number of nitrogens with one attached hydrogen (secondary N) is 1. The van der Waals surface area contributed by atoms with E-state index < -0.39 is 4.92 Å². The Kier molecular flexibility index (Phi) is 4.20. The Morgan fingerprint density at radius 2 is 2.24 bits per heavy atom. The maximum Gasteiger partial charge on any atom is 0.372 e. The highest BCUT2D eigenvalue weighted by Crippen LogP contribution is 2.29. The van der Waals surface area contributed by atoms with Crippen molar-refractivity contribution in [1.29, 1.82) is 0 Å². The van der Waals surface area contributed by atoms with Crippen molar-refractivity contribution in [2.45, 2.75) is 6.54 Å². The van der Waals surface area contributed by atoms with Gasteiger partial charge in [0.25, 0.3) is 4.96 Å². The Labute approximate surface area is 147 Å². The van der Waals surface area contributed by atoms with Crippen molar-refractivity contribution in [1.82, 2.24) is 14.4 Å². The summed E-state index contributed by atoms with van der Waals surface area (Å²) in [5.74, 6) is 1.10. The van der Waals surface area contributed by atoms with Gasteiger partial charge < -0.3 is 25.1 Å². The van der Waals surface area contributed by atoms with Crippen molar-refractivity contribution < 1.29 is 9.66 Å². The first kappa shape index (κ1) is 15.8. The zero-order valence-electron chi connectivity index (χ0n) is 13.3. The predicted octanol–water partition coefficient (Wildman–Crippen LogP) is 2.15. The van der Waals surface area contributed by atoms with Gasteiger partial charge in [-0.25, -0.2) is 4.98 Å². The minimum atomic E-state index is -0.415. The van der Waals surface area contributed by atoms with E-state index in [0.717, 1.165) is 24.5 Å². The zero-order chi connectivity index (χ0) is 17.2. The molecule has 1 aliphatic rings. The highest BCUT2D eigenvalue weighted by Gasteiger charge is 2.24. The van der Waals surface area contributed by atoms with Crippen LogP contribution in [0.25, 0.3) is 4.96 Å². The number of nitrogens with zero attached hydrogens (tertiary/aromatic N) is 5. The van der Waals surface area contributed by atoms with E-state index >= 15 is 0 Å². The number of fused-ring (bicyclic) bond motifs is 1. The number of rotatable bonds is 5. The van der Waals surface area contributed by atoms with Gasteiger partial charge in [-0.1, -0.05) is 17.4 Å². The number of nitro groups is 1. The van der Waals surface area contributed by atoms with Gasteiger partial charge in [0.1, 0.15) is 12.0 Å². The lowest BCUT2D eigenvalue weighted by Crippen LogP contribution is -2.37. The van der Waals surface area contributed by atoms with Crippen molar-refractivity contribution in [3.05, 3.63) is 45.6 Å². The summed E-state index contributed by atoms with van der Waals surface area (Å²) >= 11 is 1.36. The van der Waals surface area contributed by atoms with Gasteiger partial charge in [0.2, 0.25) is 5.82 Å². The second kappa shape index (κ2) is 6.65. The quantitative estimate of drug-likeness (QED) is 0.550. The maximum atomic E-state index is 11.4. The molecular formula is C15H16N6O3S. The molecule has 1 saturated heterocycles. The summed E-state index contributed by atoms with van der Waals surface area (Å²) in [4.78, 5) is 22.5. The maximum absolute atomic E-state index is 11.4. The van der Waals surface area contributed by atoms with Crippen LogP contribution in [0.4, 0.5) is 17.5 Å². The number of hydrogen-bond acceptors (Lipinski definition) is 8. The van der Waals surface area contributed by atoms with Crippen LogP contribution in [-0.4, -0.2) is 45.6 Å². The van der Waals surface area contributed by atoms with E-state index in [1.54, 1.807) is 17.8 Å². The van der Waals surface area contributed by atoms with Gasteiger partial charge in [0.15, 0.2) is 0 Å². The van der Waals surface area contributed by atoms with Gasteiger partial charge in [-0.3, -0.25) is 0 Å². The molecule has 1 aliphatic heterocycles. The van der Waals surface area contributed by atoms with Crippen LogP contribution < -0.4 is 10.2 Å². The number of aromatic nitrogens is 3. The Balaban J connectivity index is 1.59. The van der Waals surface area contributed by atoms with Crippen LogP contribution >= 0.6 is 11.3 Å². The summed E-state index contributed by atoms with van der Waals surface area (Å²) in [6, 6.07) is 3.83. The Hall–Kier alpha value is -2.72. The molecule has 4 rings (SSSR count).